The number of aromatic nitrogens is 2. The summed E-state index contributed by atoms with van der Waals surface area (Å²) in [6.45, 7) is 2.67. The molecule has 0 aliphatic heterocycles. The summed E-state index contributed by atoms with van der Waals surface area (Å²) >= 11 is 6.13. The minimum Gasteiger partial charge on any atom is -0.309 e. The molecule has 0 saturated heterocycles. The van der Waals surface area contributed by atoms with E-state index in [0.717, 1.165) is 11.8 Å². The second kappa shape index (κ2) is 6.33. The van der Waals surface area contributed by atoms with Crippen LogP contribution in [-0.2, 0) is 13.5 Å². The summed E-state index contributed by atoms with van der Waals surface area (Å²) in [5, 5.41) is 7.89. The molecular formula is C14H16ClF2N3. The van der Waals surface area contributed by atoms with E-state index in [2.05, 4.69) is 10.4 Å². The number of nitrogens with one attached hydrogen (secondary N) is 1. The number of benzene rings is 1. The monoisotopic (exact) mass is 299 g/mol. The molecule has 0 spiro atoms. The Morgan fingerprint density at radius 2 is 1.95 bits per heavy atom. The minimum atomic E-state index is -0.577. The van der Waals surface area contributed by atoms with Crippen molar-refractivity contribution in [2.45, 2.75) is 19.4 Å². The van der Waals surface area contributed by atoms with Crippen molar-refractivity contribution in [1.82, 2.24) is 15.1 Å². The zero-order valence-corrected chi connectivity index (χ0v) is 12.1. The maximum Gasteiger partial charge on any atom is 0.126 e. The van der Waals surface area contributed by atoms with E-state index in [9.17, 15) is 8.78 Å². The standard InChI is InChI=1S/C14H16ClF2N3/c1-3-18-13(14-12(15)8-19-20(14)2)6-9-4-10(16)7-11(17)5-9/h4-5,7-8,13,18H,3,6H2,1-2H3. The van der Waals surface area contributed by atoms with Gasteiger partial charge in [0.1, 0.15) is 11.6 Å². The van der Waals surface area contributed by atoms with Crippen molar-refractivity contribution in [2.24, 2.45) is 7.05 Å². The molecule has 1 aromatic heterocycles. The lowest BCUT2D eigenvalue weighted by Crippen LogP contribution is -2.25. The maximum atomic E-state index is 13.3. The summed E-state index contributed by atoms with van der Waals surface area (Å²) in [5.41, 5.74) is 1.38. The Labute approximate surface area is 121 Å². The Hall–Kier alpha value is -1.46. The number of aryl methyl sites for hydroxylation is 1. The Kier molecular flexibility index (Phi) is 4.73. The van der Waals surface area contributed by atoms with E-state index in [1.807, 2.05) is 6.92 Å². The summed E-state index contributed by atoms with van der Waals surface area (Å²) in [6, 6.07) is 3.37. The fourth-order valence-electron chi connectivity index (χ4n) is 2.29. The van der Waals surface area contributed by atoms with Gasteiger partial charge in [0.25, 0.3) is 0 Å². The first-order valence-electron chi connectivity index (χ1n) is 6.37. The first-order chi connectivity index (χ1) is 9.51. The molecule has 108 valence electrons. The predicted octanol–water partition coefficient (Wildman–Crippen LogP) is 3.25. The van der Waals surface area contributed by atoms with Crippen molar-refractivity contribution < 1.29 is 8.78 Å². The molecule has 1 N–H and O–H groups in total. The van der Waals surface area contributed by atoms with E-state index >= 15 is 0 Å². The van der Waals surface area contributed by atoms with Crippen LogP contribution in [0.2, 0.25) is 5.02 Å². The van der Waals surface area contributed by atoms with Crippen molar-refractivity contribution >= 4 is 11.6 Å². The molecule has 6 heteroatoms. The highest BCUT2D eigenvalue weighted by Crippen LogP contribution is 2.25. The number of likely N-dealkylation sites (N-methyl/N-ethyl adjacent to an activating group) is 1. The van der Waals surface area contributed by atoms with Crippen molar-refractivity contribution in [3.63, 3.8) is 0 Å². The molecule has 3 nitrogen and oxygen atoms in total. The molecule has 1 unspecified atom stereocenters. The molecule has 20 heavy (non-hydrogen) atoms. The first-order valence-corrected chi connectivity index (χ1v) is 6.74. The molecule has 2 rings (SSSR count). The fourth-order valence-corrected chi connectivity index (χ4v) is 2.59. The van der Waals surface area contributed by atoms with E-state index in [-0.39, 0.29) is 6.04 Å². The fraction of sp³-hybridized carbons (Fsp3) is 0.357. The first kappa shape index (κ1) is 14.9. The molecule has 0 fully saturated rings. The Morgan fingerprint density at radius 3 is 2.45 bits per heavy atom. The lowest BCUT2D eigenvalue weighted by atomic mass is 10.0. The van der Waals surface area contributed by atoms with Crippen molar-refractivity contribution in [3.8, 4) is 0 Å². The highest BCUT2D eigenvalue weighted by Gasteiger charge is 2.19. The molecular weight excluding hydrogens is 284 g/mol. The van der Waals surface area contributed by atoms with Crippen molar-refractivity contribution in [3.05, 3.63) is 52.3 Å². The van der Waals surface area contributed by atoms with Gasteiger partial charge in [-0.05, 0) is 30.7 Å². The van der Waals surface area contributed by atoms with Crippen LogP contribution in [0.1, 0.15) is 24.2 Å². The Balaban J connectivity index is 2.30. The molecule has 0 saturated carbocycles. The molecule has 0 amide bonds. The quantitative estimate of drug-likeness (QED) is 0.918. The van der Waals surface area contributed by atoms with Crippen LogP contribution in [0.15, 0.2) is 24.4 Å². The van der Waals surface area contributed by atoms with E-state index in [1.165, 1.54) is 12.1 Å². The third-order valence-corrected chi connectivity index (χ3v) is 3.37. The van der Waals surface area contributed by atoms with Crippen LogP contribution in [0.3, 0.4) is 0 Å². The van der Waals surface area contributed by atoms with E-state index in [1.54, 1.807) is 17.9 Å². The lowest BCUT2D eigenvalue weighted by molar-refractivity contribution is 0.503. The van der Waals surface area contributed by atoms with Gasteiger partial charge in [0.05, 0.1) is 23.0 Å². The van der Waals surface area contributed by atoms with Gasteiger partial charge in [-0.15, -0.1) is 0 Å². The van der Waals surface area contributed by atoms with E-state index < -0.39 is 11.6 Å². The molecule has 0 bridgehead atoms. The highest BCUT2D eigenvalue weighted by atomic mass is 35.5. The van der Waals surface area contributed by atoms with Crippen molar-refractivity contribution in [2.75, 3.05) is 6.54 Å². The molecule has 1 atom stereocenters. The number of hydrogen-bond acceptors (Lipinski definition) is 2. The molecule has 2 aromatic rings. The number of nitrogens with zero attached hydrogens (tertiary/aromatic N) is 2. The van der Waals surface area contributed by atoms with Gasteiger partial charge in [-0.2, -0.15) is 5.10 Å². The van der Waals surface area contributed by atoms with Gasteiger partial charge in [0, 0.05) is 13.1 Å². The summed E-state index contributed by atoms with van der Waals surface area (Å²) in [6.07, 6.45) is 2.00. The second-order valence-electron chi connectivity index (χ2n) is 4.59. The molecule has 0 radical (unpaired) electrons. The summed E-state index contributed by atoms with van der Waals surface area (Å²) in [4.78, 5) is 0. The Bertz CT molecular complexity index is 558. The second-order valence-corrected chi connectivity index (χ2v) is 5.00. The maximum absolute atomic E-state index is 13.3. The van der Waals surface area contributed by atoms with Crippen LogP contribution >= 0.6 is 11.6 Å². The summed E-state index contributed by atoms with van der Waals surface area (Å²) < 4.78 is 28.2. The Morgan fingerprint density at radius 1 is 1.30 bits per heavy atom. The molecule has 0 aliphatic carbocycles. The summed E-state index contributed by atoms with van der Waals surface area (Å²) in [7, 11) is 1.79. The van der Waals surface area contributed by atoms with Gasteiger partial charge in [0.2, 0.25) is 0 Å². The largest absolute Gasteiger partial charge is 0.309 e. The predicted molar refractivity (Wildman–Crippen MR) is 74.7 cm³/mol. The van der Waals surface area contributed by atoms with Crippen LogP contribution in [0.4, 0.5) is 8.78 Å². The van der Waals surface area contributed by atoms with Crippen molar-refractivity contribution in [1.29, 1.82) is 0 Å². The van der Waals surface area contributed by atoms with Crippen LogP contribution in [0.5, 0.6) is 0 Å². The zero-order valence-electron chi connectivity index (χ0n) is 11.3. The van der Waals surface area contributed by atoms with E-state index in [0.29, 0.717) is 23.6 Å². The van der Waals surface area contributed by atoms with Crippen LogP contribution in [0, 0.1) is 11.6 Å². The van der Waals surface area contributed by atoms with Gasteiger partial charge in [-0.25, -0.2) is 8.78 Å². The van der Waals surface area contributed by atoms with Gasteiger partial charge >= 0.3 is 0 Å². The zero-order chi connectivity index (χ0) is 14.7. The van der Waals surface area contributed by atoms with Crippen LogP contribution in [-0.4, -0.2) is 16.3 Å². The van der Waals surface area contributed by atoms with E-state index in [4.69, 9.17) is 11.6 Å². The topological polar surface area (TPSA) is 29.9 Å². The molecule has 1 heterocycles. The average Bonchev–Trinajstić information content (AvgIpc) is 2.67. The molecule has 1 aromatic carbocycles. The third-order valence-electron chi connectivity index (χ3n) is 3.08. The lowest BCUT2D eigenvalue weighted by Gasteiger charge is -2.19. The average molecular weight is 300 g/mol. The normalized spacial score (nSPS) is 12.7. The highest BCUT2D eigenvalue weighted by molar-refractivity contribution is 6.31. The number of halogens is 3. The molecule has 0 aliphatic rings. The van der Waals surface area contributed by atoms with Gasteiger partial charge in [0.15, 0.2) is 0 Å². The third kappa shape index (κ3) is 3.35. The number of hydrogen-bond donors (Lipinski definition) is 1. The number of rotatable bonds is 5. The van der Waals surface area contributed by atoms with Gasteiger partial charge in [-0.1, -0.05) is 18.5 Å². The minimum absolute atomic E-state index is 0.152. The van der Waals surface area contributed by atoms with Gasteiger partial charge < -0.3 is 5.32 Å². The van der Waals surface area contributed by atoms with Gasteiger partial charge in [-0.3, -0.25) is 4.68 Å². The summed E-state index contributed by atoms with van der Waals surface area (Å²) in [5.74, 6) is -1.15. The SMILES string of the molecule is CCNC(Cc1cc(F)cc(F)c1)c1c(Cl)cnn1C. The van der Waals surface area contributed by atoms with Crippen LogP contribution < -0.4 is 5.32 Å². The smallest absolute Gasteiger partial charge is 0.126 e. The van der Waals surface area contributed by atoms with Crippen LogP contribution in [0.25, 0.3) is 0 Å².